The van der Waals surface area contributed by atoms with Crippen LogP contribution in [0.1, 0.15) is 23.7 Å². The highest BCUT2D eigenvalue weighted by atomic mass is 35.5. The molecule has 0 saturated heterocycles. The molecule has 17 heavy (non-hydrogen) atoms. The average Bonchev–Trinajstić information content (AvgIpc) is 2.28. The topological polar surface area (TPSA) is 38.3 Å². The predicted octanol–water partition coefficient (Wildman–Crippen LogP) is 2.64. The maximum absolute atomic E-state index is 13.4. The molecule has 0 bridgehead atoms. The maximum Gasteiger partial charge on any atom is 0.255 e. The van der Waals surface area contributed by atoms with E-state index in [0.29, 0.717) is 26.2 Å². The van der Waals surface area contributed by atoms with Crippen molar-refractivity contribution in [3.63, 3.8) is 0 Å². The van der Waals surface area contributed by atoms with Crippen molar-refractivity contribution in [2.45, 2.75) is 13.3 Å². The number of hydrogen-bond donors (Lipinski definition) is 1. The third-order valence-electron chi connectivity index (χ3n) is 2.14. The van der Waals surface area contributed by atoms with Crippen LogP contribution in [0, 0.1) is 5.82 Å². The second kappa shape index (κ2) is 7.25. The maximum atomic E-state index is 13.4. The average molecular weight is 260 g/mol. The highest BCUT2D eigenvalue weighted by Gasteiger charge is 2.14. The Kier molecular flexibility index (Phi) is 5.94. The normalized spacial score (nSPS) is 10.3. The van der Waals surface area contributed by atoms with Crippen LogP contribution in [0.5, 0.6) is 0 Å². The van der Waals surface area contributed by atoms with Crippen LogP contribution in [0.4, 0.5) is 4.39 Å². The molecule has 1 N–H and O–H groups in total. The molecule has 0 fully saturated rings. The van der Waals surface area contributed by atoms with Gasteiger partial charge in [0.1, 0.15) is 5.82 Å². The first-order valence-corrected chi connectivity index (χ1v) is 5.84. The molecule has 5 heteroatoms. The Bertz CT molecular complexity index is 365. The molecule has 1 aromatic carbocycles. The standard InChI is InChI=1S/C12H15ClFNO2/c1-2-17-8-4-7-15-12(16)11-9(13)5-3-6-10(11)14/h3,5-6H,2,4,7-8H2,1H3,(H,15,16). The summed E-state index contributed by atoms with van der Waals surface area (Å²) in [5.74, 6) is -1.11. The summed E-state index contributed by atoms with van der Waals surface area (Å²) in [5, 5.41) is 2.71. The van der Waals surface area contributed by atoms with Gasteiger partial charge < -0.3 is 10.1 Å². The van der Waals surface area contributed by atoms with Gasteiger partial charge in [-0.15, -0.1) is 0 Å². The lowest BCUT2D eigenvalue weighted by atomic mass is 10.2. The predicted molar refractivity (Wildman–Crippen MR) is 64.9 cm³/mol. The molecular weight excluding hydrogens is 245 g/mol. The van der Waals surface area contributed by atoms with Gasteiger partial charge in [0.15, 0.2) is 0 Å². The quantitative estimate of drug-likeness (QED) is 0.798. The summed E-state index contributed by atoms with van der Waals surface area (Å²) in [6.07, 6.45) is 0.686. The molecule has 0 radical (unpaired) electrons. The third kappa shape index (κ3) is 4.32. The van der Waals surface area contributed by atoms with Crippen molar-refractivity contribution in [1.82, 2.24) is 5.32 Å². The molecule has 0 saturated carbocycles. The Balaban J connectivity index is 2.47. The first-order valence-electron chi connectivity index (χ1n) is 5.46. The van der Waals surface area contributed by atoms with E-state index in [1.807, 2.05) is 6.92 Å². The van der Waals surface area contributed by atoms with Gasteiger partial charge >= 0.3 is 0 Å². The van der Waals surface area contributed by atoms with Crippen LogP contribution < -0.4 is 5.32 Å². The van der Waals surface area contributed by atoms with Crippen LogP contribution >= 0.6 is 11.6 Å². The van der Waals surface area contributed by atoms with E-state index in [-0.39, 0.29) is 10.6 Å². The molecule has 0 atom stereocenters. The monoisotopic (exact) mass is 259 g/mol. The molecule has 0 unspecified atom stereocenters. The van der Waals surface area contributed by atoms with Crippen molar-refractivity contribution >= 4 is 17.5 Å². The molecule has 1 rings (SSSR count). The van der Waals surface area contributed by atoms with Crippen molar-refractivity contribution in [2.75, 3.05) is 19.8 Å². The number of halogens is 2. The van der Waals surface area contributed by atoms with Gasteiger partial charge in [0.2, 0.25) is 0 Å². The van der Waals surface area contributed by atoms with Gasteiger partial charge in [-0.1, -0.05) is 17.7 Å². The minimum atomic E-state index is -0.611. The summed E-state index contributed by atoms with van der Waals surface area (Å²) in [5.41, 5.74) is -0.106. The summed E-state index contributed by atoms with van der Waals surface area (Å²) in [4.78, 5) is 11.6. The van der Waals surface area contributed by atoms with Crippen molar-refractivity contribution in [2.24, 2.45) is 0 Å². The fourth-order valence-electron chi connectivity index (χ4n) is 1.32. The number of hydrogen-bond acceptors (Lipinski definition) is 2. The van der Waals surface area contributed by atoms with Gasteiger partial charge in [-0.25, -0.2) is 4.39 Å². The van der Waals surface area contributed by atoms with E-state index in [0.717, 1.165) is 0 Å². The van der Waals surface area contributed by atoms with Crippen LogP contribution in [0.3, 0.4) is 0 Å². The zero-order chi connectivity index (χ0) is 12.7. The van der Waals surface area contributed by atoms with Gasteiger partial charge in [-0.05, 0) is 25.5 Å². The van der Waals surface area contributed by atoms with Crippen LogP contribution in [0.15, 0.2) is 18.2 Å². The zero-order valence-corrected chi connectivity index (χ0v) is 10.4. The van der Waals surface area contributed by atoms with E-state index in [1.165, 1.54) is 18.2 Å². The van der Waals surface area contributed by atoms with Crippen molar-refractivity contribution in [1.29, 1.82) is 0 Å². The number of amides is 1. The first-order chi connectivity index (χ1) is 8.16. The molecule has 0 heterocycles. The lowest BCUT2D eigenvalue weighted by Crippen LogP contribution is -2.26. The number of benzene rings is 1. The Morgan fingerprint density at radius 1 is 1.53 bits per heavy atom. The lowest BCUT2D eigenvalue weighted by Gasteiger charge is -2.07. The van der Waals surface area contributed by atoms with Gasteiger partial charge in [-0.2, -0.15) is 0 Å². The van der Waals surface area contributed by atoms with Crippen molar-refractivity contribution < 1.29 is 13.9 Å². The van der Waals surface area contributed by atoms with E-state index in [9.17, 15) is 9.18 Å². The summed E-state index contributed by atoms with van der Waals surface area (Å²) in [7, 11) is 0. The number of nitrogens with one attached hydrogen (secondary N) is 1. The van der Waals surface area contributed by atoms with Gasteiger partial charge in [0, 0.05) is 19.8 Å². The van der Waals surface area contributed by atoms with E-state index < -0.39 is 11.7 Å². The summed E-state index contributed by atoms with van der Waals surface area (Å²) < 4.78 is 18.5. The van der Waals surface area contributed by atoms with Crippen molar-refractivity contribution in [3.05, 3.63) is 34.6 Å². The summed E-state index contributed by atoms with van der Waals surface area (Å²) in [6.45, 7) is 3.55. The van der Waals surface area contributed by atoms with Crippen LogP contribution in [0.25, 0.3) is 0 Å². The van der Waals surface area contributed by atoms with E-state index in [1.54, 1.807) is 0 Å². The molecule has 1 amide bonds. The lowest BCUT2D eigenvalue weighted by molar-refractivity contribution is 0.0940. The SMILES string of the molecule is CCOCCCNC(=O)c1c(F)cccc1Cl. The molecule has 1 aromatic rings. The van der Waals surface area contributed by atoms with Gasteiger partial charge in [-0.3, -0.25) is 4.79 Å². The second-order valence-corrected chi connectivity index (χ2v) is 3.81. The Hall–Kier alpha value is -1.13. The second-order valence-electron chi connectivity index (χ2n) is 3.40. The largest absolute Gasteiger partial charge is 0.382 e. The molecule has 3 nitrogen and oxygen atoms in total. The minimum absolute atomic E-state index is 0.106. The number of ether oxygens (including phenoxy) is 1. The number of carbonyl (C=O) groups excluding carboxylic acids is 1. The molecule has 0 aliphatic carbocycles. The van der Waals surface area contributed by atoms with E-state index in [2.05, 4.69) is 5.32 Å². The summed E-state index contributed by atoms with van der Waals surface area (Å²) in [6, 6.07) is 4.16. The van der Waals surface area contributed by atoms with E-state index >= 15 is 0 Å². The van der Waals surface area contributed by atoms with Crippen LogP contribution in [0.2, 0.25) is 5.02 Å². The third-order valence-corrected chi connectivity index (χ3v) is 2.46. The summed E-state index contributed by atoms with van der Waals surface area (Å²) >= 11 is 5.76. The Morgan fingerprint density at radius 3 is 2.94 bits per heavy atom. The minimum Gasteiger partial charge on any atom is -0.382 e. The number of rotatable bonds is 6. The molecule has 0 aliphatic rings. The molecular formula is C12H15ClFNO2. The molecule has 0 spiro atoms. The Labute approximate surface area is 105 Å². The number of carbonyl (C=O) groups is 1. The molecule has 0 aromatic heterocycles. The van der Waals surface area contributed by atoms with Gasteiger partial charge in [0.25, 0.3) is 5.91 Å². The van der Waals surface area contributed by atoms with Gasteiger partial charge in [0.05, 0.1) is 10.6 Å². The first kappa shape index (κ1) is 13.9. The fourth-order valence-corrected chi connectivity index (χ4v) is 1.57. The Morgan fingerprint density at radius 2 is 2.29 bits per heavy atom. The smallest absolute Gasteiger partial charge is 0.255 e. The zero-order valence-electron chi connectivity index (χ0n) is 9.63. The molecule has 0 aliphatic heterocycles. The molecule has 94 valence electrons. The fraction of sp³-hybridized carbons (Fsp3) is 0.417. The van der Waals surface area contributed by atoms with E-state index in [4.69, 9.17) is 16.3 Å². The van der Waals surface area contributed by atoms with Crippen LogP contribution in [-0.4, -0.2) is 25.7 Å². The highest BCUT2D eigenvalue weighted by molar-refractivity contribution is 6.33. The van der Waals surface area contributed by atoms with Crippen LogP contribution in [-0.2, 0) is 4.74 Å². The van der Waals surface area contributed by atoms with Crippen molar-refractivity contribution in [3.8, 4) is 0 Å². The highest BCUT2D eigenvalue weighted by Crippen LogP contribution is 2.18.